The second kappa shape index (κ2) is 16.2. The van der Waals surface area contributed by atoms with Gasteiger partial charge in [0, 0.05) is 63.1 Å². The molecule has 1 amide bonds. The lowest BCUT2D eigenvalue weighted by Gasteiger charge is -2.36. The first-order chi connectivity index (χ1) is 20.1. The summed E-state index contributed by atoms with van der Waals surface area (Å²) in [7, 11) is 3.89. The van der Waals surface area contributed by atoms with Crippen molar-refractivity contribution in [2.24, 2.45) is 13.0 Å². The van der Waals surface area contributed by atoms with Crippen molar-refractivity contribution in [2.45, 2.75) is 77.9 Å². The number of benzene rings is 1. The second-order valence-corrected chi connectivity index (χ2v) is 11.5. The Morgan fingerprint density at radius 3 is 2.07 bits per heavy atom. The number of methoxy groups -OCH3 is 1. The molecule has 2 N–H and O–H groups in total. The molecule has 1 aromatic carbocycles. The van der Waals surface area contributed by atoms with E-state index in [0.29, 0.717) is 12.5 Å². The number of ether oxygens (including phenoxy) is 1. The third-order valence-electron chi connectivity index (χ3n) is 8.26. The van der Waals surface area contributed by atoms with Crippen molar-refractivity contribution in [1.82, 2.24) is 14.4 Å². The Labute approximate surface area is 249 Å². The molecular formula is C32H48N4O6. The fourth-order valence-corrected chi connectivity index (χ4v) is 5.67. The average molecular weight is 585 g/mol. The minimum absolute atomic E-state index is 0.218. The minimum atomic E-state index is -1.08. The van der Waals surface area contributed by atoms with E-state index >= 15 is 0 Å². The van der Waals surface area contributed by atoms with E-state index in [-0.39, 0.29) is 24.8 Å². The Morgan fingerprint density at radius 2 is 1.50 bits per heavy atom. The van der Waals surface area contributed by atoms with Gasteiger partial charge in [0.2, 0.25) is 5.91 Å². The third kappa shape index (κ3) is 9.51. The highest BCUT2D eigenvalue weighted by molar-refractivity contribution is 5.79. The van der Waals surface area contributed by atoms with Crippen LogP contribution in [0.25, 0.3) is 0 Å². The maximum Gasteiger partial charge on any atom is 0.303 e. The first-order valence-corrected chi connectivity index (χ1v) is 15.1. The van der Waals surface area contributed by atoms with Crippen molar-refractivity contribution >= 4 is 23.5 Å². The number of carboxylic acid groups (broad SMARTS) is 2. The smallest absolute Gasteiger partial charge is 0.303 e. The lowest BCUT2D eigenvalue weighted by Crippen LogP contribution is -2.46. The van der Waals surface area contributed by atoms with E-state index in [9.17, 15) is 14.4 Å². The van der Waals surface area contributed by atoms with Crippen LogP contribution in [0.4, 0.5) is 5.69 Å². The standard InChI is InChI=1S/C28H42N4O2.C4H6O4/c1-22(2)32(28(33)23-10-6-5-7-11-23)21-25-15-14-24(29(25)3)20-30-16-18-31(19-17-30)26-12-8-9-13-27(26)34-4;5-3(6)1-2-4(7)8/h8-9,12-15,22-23H,5-7,10-11,16-21H2,1-4H3;1-2H2,(H,5,6)(H,7,8). The number of aliphatic carboxylic acids is 2. The highest BCUT2D eigenvalue weighted by Gasteiger charge is 2.28. The Hall–Kier alpha value is -3.53. The number of carbonyl (C=O) groups is 3. The van der Waals surface area contributed by atoms with Gasteiger partial charge in [0.15, 0.2) is 0 Å². The summed E-state index contributed by atoms with van der Waals surface area (Å²) < 4.78 is 7.86. The van der Waals surface area contributed by atoms with Crippen LogP contribution in [0.15, 0.2) is 36.4 Å². The largest absolute Gasteiger partial charge is 0.495 e. The van der Waals surface area contributed by atoms with Crippen molar-refractivity contribution < 1.29 is 29.3 Å². The number of hydrogen-bond acceptors (Lipinski definition) is 6. The molecule has 4 rings (SSSR count). The Kier molecular flexibility index (Phi) is 12.7. The van der Waals surface area contributed by atoms with Crippen molar-refractivity contribution in [3.8, 4) is 5.75 Å². The van der Waals surface area contributed by atoms with Crippen LogP contribution >= 0.6 is 0 Å². The average Bonchev–Trinajstić information content (AvgIpc) is 3.33. The molecule has 0 spiro atoms. The fourth-order valence-electron chi connectivity index (χ4n) is 5.67. The lowest BCUT2D eigenvalue weighted by atomic mass is 9.88. The predicted molar refractivity (Wildman–Crippen MR) is 163 cm³/mol. The van der Waals surface area contributed by atoms with E-state index in [4.69, 9.17) is 14.9 Å². The zero-order chi connectivity index (χ0) is 30.6. The molecule has 1 saturated heterocycles. The molecule has 2 aliphatic rings. The van der Waals surface area contributed by atoms with Gasteiger partial charge >= 0.3 is 11.9 Å². The number of nitrogens with zero attached hydrogens (tertiary/aromatic N) is 4. The molecule has 1 aliphatic carbocycles. The topological polar surface area (TPSA) is 116 Å². The molecule has 0 bridgehead atoms. The normalized spacial score (nSPS) is 16.1. The van der Waals surface area contributed by atoms with Gasteiger partial charge in [-0.1, -0.05) is 31.4 Å². The number of hydrogen-bond donors (Lipinski definition) is 2. The zero-order valence-corrected chi connectivity index (χ0v) is 25.6. The van der Waals surface area contributed by atoms with E-state index in [2.05, 4.69) is 64.4 Å². The number of rotatable bonds is 11. The predicted octanol–water partition coefficient (Wildman–Crippen LogP) is 4.61. The Balaban J connectivity index is 0.000000531. The van der Waals surface area contributed by atoms with Gasteiger partial charge in [-0.2, -0.15) is 0 Å². The number of amides is 1. The molecule has 1 aliphatic heterocycles. The van der Waals surface area contributed by atoms with E-state index < -0.39 is 11.9 Å². The van der Waals surface area contributed by atoms with Crippen LogP contribution in [-0.2, 0) is 34.5 Å². The van der Waals surface area contributed by atoms with Crippen LogP contribution in [-0.4, -0.2) is 81.8 Å². The molecule has 2 aromatic rings. The number of carbonyl (C=O) groups excluding carboxylic acids is 1. The molecular weight excluding hydrogens is 536 g/mol. The third-order valence-corrected chi connectivity index (χ3v) is 8.26. The highest BCUT2D eigenvalue weighted by Crippen LogP contribution is 2.29. The van der Waals surface area contributed by atoms with Gasteiger partial charge < -0.3 is 29.3 Å². The number of piperazine rings is 1. The SMILES string of the molecule is COc1ccccc1N1CCN(Cc2ccc(CN(C(=O)C3CCCCC3)C(C)C)n2C)CC1.O=C(O)CCC(=O)O. The van der Waals surface area contributed by atoms with Crippen molar-refractivity contribution in [2.75, 3.05) is 38.2 Å². The van der Waals surface area contributed by atoms with Crippen LogP contribution in [0, 0.1) is 5.92 Å². The van der Waals surface area contributed by atoms with Gasteiger partial charge in [-0.05, 0) is 51.0 Å². The second-order valence-electron chi connectivity index (χ2n) is 11.5. The molecule has 2 heterocycles. The molecule has 1 aromatic heterocycles. The highest BCUT2D eigenvalue weighted by atomic mass is 16.5. The van der Waals surface area contributed by atoms with Crippen molar-refractivity contribution in [3.05, 3.63) is 47.8 Å². The molecule has 42 heavy (non-hydrogen) atoms. The molecule has 0 radical (unpaired) electrons. The van der Waals surface area contributed by atoms with Gasteiger partial charge in [-0.15, -0.1) is 0 Å². The maximum absolute atomic E-state index is 13.3. The number of para-hydroxylation sites is 2. The summed E-state index contributed by atoms with van der Waals surface area (Å²) in [5.74, 6) is -0.638. The number of carboxylic acids is 2. The maximum atomic E-state index is 13.3. The summed E-state index contributed by atoms with van der Waals surface area (Å²) in [5, 5.41) is 15.8. The van der Waals surface area contributed by atoms with E-state index in [1.165, 1.54) is 36.3 Å². The molecule has 232 valence electrons. The Bertz CT molecular complexity index is 1150. The van der Waals surface area contributed by atoms with Crippen LogP contribution < -0.4 is 9.64 Å². The summed E-state index contributed by atoms with van der Waals surface area (Å²) in [6, 6.07) is 13.0. The Morgan fingerprint density at radius 1 is 0.905 bits per heavy atom. The molecule has 0 unspecified atom stereocenters. The minimum Gasteiger partial charge on any atom is -0.495 e. The van der Waals surface area contributed by atoms with Gasteiger partial charge in [-0.25, -0.2) is 0 Å². The summed E-state index contributed by atoms with van der Waals surface area (Å²) >= 11 is 0. The molecule has 10 nitrogen and oxygen atoms in total. The van der Waals surface area contributed by atoms with E-state index in [1.54, 1.807) is 7.11 Å². The quantitative estimate of drug-likeness (QED) is 0.394. The summed E-state index contributed by atoms with van der Waals surface area (Å²) in [4.78, 5) is 39.6. The van der Waals surface area contributed by atoms with E-state index in [1.807, 2.05) is 12.1 Å². The van der Waals surface area contributed by atoms with Crippen LogP contribution in [0.5, 0.6) is 5.75 Å². The summed E-state index contributed by atoms with van der Waals surface area (Å²) in [5.41, 5.74) is 3.72. The lowest BCUT2D eigenvalue weighted by molar-refractivity contribution is -0.143. The fraction of sp³-hybridized carbons (Fsp3) is 0.594. The first-order valence-electron chi connectivity index (χ1n) is 15.1. The monoisotopic (exact) mass is 584 g/mol. The van der Waals surface area contributed by atoms with Crippen molar-refractivity contribution in [1.29, 1.82) is 0 Å². The molecule has 1 saturated carbocycles. The van der Waals surface area contributed by atoms with Crippen LogP contribution in [0.1, 0.15) is 70.2 Å². The van der Waals surface area contributed by atoms with Gasteiger partial charge in [0.1, 0.15) is 5.75 Å². The van der Waals surface area contributed by atoms with Gasteiger partial charge in [-0.3, -0.25) is 19.3 Å². The summed E-state index contributed by atoms with van der Waals surface area (Å²) in [6.45, 7) is 9.97. The van der Waals surface area contributed by atoms with E-state index in [0.717, 1.165) is 51.3 Å². The number of aromatic nitrogens is 1. The molecule has 2 fully saturated rings. The summed E-state index contributed by atoms with van der Waals surface area (Å²) in [6.07, 6.45) is 5.19. The molecule has 10 heteroatoms. The first kappa shape index (κ1) is 33.0. The van der Waals surface area contributed by atoms with Crippen molar-refractivity contribution in [3.63, 3.8) is 0 Å². The van der Waals surface area contributed by atoms with Gasteiger partial charge in [0.25, 0.3) is 0 Å². The zero-order valence-electron chi connectivity index (χ0n) is 25.6. The molecule has 0 atom stereocenters. The van der Waals surface area contributed by atoms with Crippen LogP contribution in [0.2, 0.25) is 0 Å². The van der Waals surface area contributed by atoms with Crippen LogP contribution in [0.3, 0.4) is 0 Å². The number of anilines is 1. The van der Waals surface area contributed by atoms with Gasteiger partial charge in [0.05, 0.1) is 32.2 Å².